The molecular weight excluding hydrogens is 518 g/mol. The van der Waals surface area contributed by atoms with E-state index in [1.54, 1.807) is 30.5 Å². The molecule has 0 spiro atoms. The van der Waals surface area contributed by atoms with E-state index < -0.39 is 6.04 Å². The van der Waals surface area contributed by atoms with Crippen molar-refractivity contribution in [3.63, 3.8) is 0 Å². The number of piperidine rings is 1. The molecule has 2 aromatic heterocycles. The number of nitrogen functional groups attached to an aromatic ring is 1. The molecule has 1 aliphatic heterocycles. The maximum atomic E-state index is 13.3. The molecule has 0 aliphatic carbocycles. The number of benzene rings is 3. The highest BCUT2D eigenvalue weighted by molar-refractivity contribution is 5.87. The molecular formula is C31H31N7O3. The molecule has 3 heterocycles. The molecule has 5 N–H and O–H groups in total. The number of para-hydroxylation sites is 1. The van der Waals surface area contributed by atoms with E-state index in [4.69, 9.17) is 21.2 Å². The van der Waals surface area contributed by atoms with E-state index in [0.717, 1.165) is 29.7 Å². The van der Waals surface area contributed by atoms with Crippen molar-refractivity contribution in [3.8, 4) is 28.6 Å². The quantitative estimate of drug-likeness (QED) is 0.272. The Morgan fingerprint density at radius 1 is 1.00 bits per heavy atom. The Bertz CT molecular complexity index is 1650. The molecule has 6 rings (SSSR count). The summed E-state index contributed by atoms with van der Waals surface area (Å²) in [6.45, 7) is 1.11. The third-order valence-electron chi connectivity index (χ3n) is 7.34. The minimum atomic E-state index is -0.675. The zero-order chi connectivity index (χ0) is 28.3. The van der Waals surface area contributed by atoms with E-state index >= 15 is 0 Å². The summed E-state index contributed by atoms with van der Waals surface area (Å²) < 4.78 is 7.76. The lowest BCUT2D eigenvalue weighted by atomic mass is 10.0. The average Bonchev–Trinajstić information content (AvgIpc) is 3.44. The van der Waals surface area contributed by atoms with Gasteiger partial charge in [-0.05, 0) is 73.4 Å². The van der Waals surface area contributed by atoms with Crippen LogP contribution < -0.4 is 16.2 Å². The molecule has 1 fully saturated rings. The highest BCUT2D eigenvalue weighted by atomic mass is 16.5. The highest BCUT2D eigenvalue weighted by Gasteiger charge is 2.30. The van der Waals surface area contributed by atoms with Crippen LogP contribution in [0.4, 0.5) is 5.82 Å². The fourth-order valence-electron chi connectivity index (χ4n) is 5.20. The van der Waals surface area contributed by atoms with Gasteiger partial charge >= 0.3 is 0 Å². The predicted molar refractivity (Wildman–Crippen MR) is 156 cm³/mol. The number of nitrogens with two attached hydrogens (primary N) is 2. The smallest absolute Gasteiger partial charge is 0.239 e. The topological polar surface area (TPSA) is 145 Å². The number of hydrogen-bond donors (Lipinski definition) is 3. The molecule has 1 saturated heterocycles. The maximum absolute atomic E-state index is 13.3. The van der Waals surface area contributed by atoms with Crippen LogP contribution in [-0.4, -0.2) is 54.8 Å². The molecule has 0 radical (unpaired) electrons. The van der Waals surface area contributed by atoms with Crippen molar-refractivity contribution in [1.29, 1.82) is 0 Å². The van der Waals surface area contributed by atoms with E-state index in [9.17, 15) is 9.90 Å². The molecule has 208 valence electrons. The second-order valence-electron chi connectivity index (χ2n) is 10.3. The second-order valence-corrected chi connectivity index (χ2v) is 10.3. The summed E-state index contributed by atoms with van der Waals surface area (Å²) in [6, 6.07) is 23.1. The van der Waals surface area contributed by atoms with E-state index in [1.165, 1.54) is 0 Å². The second kappa shape index (κ2) is 11.3. The fraction of sp³-hybridized carbons (Fsp3) is 0.226. The number of hydrogen-bond acceptors (Lipinski definition) is 8. The third-order valence-corrected chi connectivity index (χ3v) is 7.34. The molecule has 1 amide bonds. The van der Waals surface area contributed by atoms with E-state index in [2.05, 4.69) is 10.1 Å². The number of rotatable bonds is 7. The van der Waals surface area contributed by atoms with Crippen LogP contribution in [0.3, 0.4) is 0 Å². The van der Waals surface area contributed by atoms with Crippen LogP contribution in [0, 0.1) is 0 Å². The molecule has 1 aliphatic rings. The Kier molecular flexibility index (Phi) is 7.22. The lowest BCUT2D eigenvalue weighted by molar-refractivity contribution is -0.134. The zero-order valence-electron chi connectivity index (χ0n) is 22.4. The van der Waals surface area contributed by atoms with Gasteiger partial charge in [-0.3, -0.25) is 4.79 Å². The zero-order valence-corrected chi connectivity index (χ0v) is 22.4. The summed E-state index contributed by atoms with van der Waals surface area (Å²) in [5.74, 6) is 2.37. The van der Waals surface area contributed by atoms with Gasteiger partial charge in [-0.2, -0.15) is 5.10 Å². The number of ether oxygens (including phenoxy) is 1. The molecule has 0 bridgehead atoms. The molecule has 0 saturated carbocycles. The number of aromatic nitrogens is 4. The summed E-state index contributed by atoms with van der Waals surface area (Å²) in [5.41, 5.74) is 15.0. The number of nitrogens with zero attached hydrogens (tertiary/aromatic N) is 5. The van der Waals surface area contributed by atoms with Crippen molar-refractivity contribution in [1.82, 2.24) is 24.6 Å². The van der Waals surface area contributed by atoms with Crippen molar-refractivity contribution in [2.75, 3.05) is 18.8 Å². The lowest BCUT2D eigenvalue weighted by Crippen LogP contribution is -2.49. The Labute approximate surface area is 237 Å². The van der Waals surface area contributed by atoms with Gasteiger partial charge in [-0.15, -0.1) is 0 Å². The van der Waals surface area contributed by atoms with Crippen molar-refractivity contribution >= 4 is 22.8 Å². The predicted octanol–water partition coefficient (Wildman–Crippen LogP) is 4.31. The standard InChI is InChI=1S/C31H31N7O3/c32-27(17-20-8-12-23(39)13-9-20)31(40)37-16-4-5-22(19-37)38-30-26(18-34-38)28(33)35-29(36-30)21-10-14-25(15-11-21)41-24-6-2-1-3-7-24/h1-3,6-15,18,22,27,39H,4-5,16-17,19,32H2,(H2,33,35,36)/t22-,27+/m1/s1. The van der Waals surface area contributed by atoms with Crippen molar-refractivity contribution < 1.29 is 14.6 Å². The number of carbonyl (C=O) groups is 1. The summed E-state index contributed by atoms with van der Waals surface area (Å²) in [4.78, 5) is 24.4. The van der Waals surface area contributed by atoms with Crippen LogP contribution in [0.1, 0.15) is 24.4 Å². The first-order chi connectivity index (χ1) is 19.9. The number of carbonyl (C=O) groups excluding carboxylic acids is 1. The van der Waals surface area contributed by atoms with Crippen LogP contribution in [0.5, 0.6) is 17.2 Å². The Balaban J connectivity index is 1.20. The first kappa shape index (κ1) is 26.3. The van der Waals surface area contributed by atoms with E-state index in [0.29, 0.717) is 47.9 Å². The normalized spacial score (nSPS) is 16.0. The number of amides is 1. The number of phenolic OH excluding ortho intramolecular Hbond substituents is 1. The van der Waals surface area contributed by atoms with Crippen LogP contribution in [0.15, 0.2) is 85.1 Å². The lowest BCUT2D eigenvalue weighted by Gasteiger charge is -2.34. The number of anilines is 1. The van der Waals surface area contributed by atoms with Crippen molar-refractivity contribution in [3.05, 3.63) is 90.6 Å². The highest BCUT2D eigenvalue weighted by Crippen LogP contribution is 2.30. The van der Waals surface area contributed by atoms with Gasteiger partial charge in [0.05, 0.1) is 23.7 Å². The first-order valence-electron chi connectivity index (χ1n) is 13.6. The summed E-state index contributed by atoms with van der Waals surface area (Å²) in [7, 11) is 0. The van der Waals surface area contributed by atoms with Gasteiger partial charge in [0.15, 0.2) is 11.5 Å². The minimum absolute atomic E-state index is 0.0742. The fourth-order valence-corrected chi connectivity index (χ4v) is 5.20. The number of aromatic hydroxyl groups is 1. The Morgan fingerprint density at radius 3 is 2.49 bits per heavy atom. The Morgan fingerprint density at radius 2 is 1.73 bits per heavy atom. The van der Waals surface area contributed by atoms with Crippen molar-refractivity contribution in [2.45, 2.75) is 31.3 Å². The molecule has 3 aromatic carbocycles. The van der Waals surface area contributed by atoms with Crippen molar-refractivity contribution in [2.24, 2.45) is 5.73 Å². The largest absolute Gasteiger partial charge is 0.508 e. The monoisotopic (exact) mass is 549 g/mol. The number of phenols is 1. The first-order valence-corrected chi connectivity index (χ1v) is 13.6. The molecule has 0 unspecified atom stereocenters. The molecule has 10 nitrogen and oxygen atoms in total. The van der Waals surface area contributed by atoms with Crippen LogP contribution in [0.25, 0.3) is 22.4 Å². The van der Waals surface area contributed by atoms with E-state index in [1.807, 2.05) is 64.2 Å². The third kappa shape index (κ3) is 5.68. The van der Waals surface area contributed by atoms with Gasteiger partial charge in [0.25, 0.3) is 0 Å². The summed E-state index contributed by atoms with van der Waals surface area (Å²) in [5, 5.41) is 14.8. The van der Waals surface area contributed by atoms with Gasteiger partial charge in [-0.25, -0.2) is 14.6 Å². The van der Waals surface area contributed by atoms with E-state index in [-0.39, 0.29) is 17.7 Å². The SMILES string of the molecule is Nc1nc(-c2ccc(Oc3ccccc3)cc2)nc2c1cnn2[C@@H]1CCCN(C(=O)[C@@H](N)Cc2ccc(O)cc2)C1. The molecule has 5 aromatic rings. The van der Waals surface area contributed by atoms with Crippen LogP contribution in [0.2, 0.25) is 0 Å². The summed E-state index contributed by atoms with van der Waals surface area (Å²) >= 11 is 0. The number of fused-ring (bicyclic) bond motifs is 1. The van der Waals surface area contributed by atoms with Gasteiger partial charge in [-0.1, -0.05) is 30.3 Å². The van der Waals surface area contributed by atoms with Crippen LogP contribution >= 0.6 is 0 Å². The van der Waals surface area contributed by atoms with Gasteiger partial charge in [0.2, 0.25) is 5.91 Å². The van der Waals surface area contributed by atoms with Crippen LogP contribution in [-0.2, 0) is 11.2 Å². The van der Waals surface area contributed by atoms with Gasteiger partial charge < -0.3 is 26.2 Å². The average molecular weight is 550 g/mol. The number of likely N-dealkylation sites (tertiary alicyclic amines) is 1. The van der Waals surface area contributed by atoms with Gasteiger partial charge in [0, 0.05) is 18.7 Å². The maximum Gasteiger partial charge on any atom is 0.239 e. The molecule has 10 heteroatoms. The minimum Gasteiger partial charge on any atom is -0.508 e. The summed E-state index contributed by atoms with van der Waals surface area (Å²) in [6.07, 6.45) is 3.74. The molecule has 2 atom stereocenters. The van der Waals surface area contributed by atoms with Gasteiger partial charge in [0.1, 0.15) is 23.1 Å². The molecule has 41 heavy (non-hydrogen) atoms. The Hall–Kier alpha value is -4.96.